The second-order valence-electron chi connectivity index (χ2n) is 8.47. The van der Waals surface area contributed by atoms with Crippen LogP contribution in [0.25, 0.3) is 0 Å². The molecule has 0 unspecified atom stereocenters. The molecule has 24 heavy (non-hydrogen) atoms. The first-order valence-corrected chi connectivity index (χ1v) is 8.36. The Morgan fingerprint density at radius 3 is 2.29 bits per heavy atom. The first kappa shape index (κ1) is 19.0. The molecule has 1 N–H and O–H groups in total. The van der Waals surface area contributed by atoms with Crippen LogP contribution in [0.3, 0.4) is 0 Å². The first-order valence-electron chi connectivity index (χ1n) is 8.36. The number of aliphatic hydroxyl groups is 1. The number of carbonyl (C=O) groups excluding carboxylic acids is 1. The van der Waals surface area contributed by atoms with Crippen molar-refractivity contribution in [1.82, 2.24) is 9.78 Å². The van der Waals surface area contributed by atoms with Gasteiger partial charge in [0.25, 0.3) is 0 Å². The van der Waals surface area contributed by atoms with Crippen molar-refractivity contribution < 1.29 is 19.3 Å². The zero-order valence-corrected chi connectivity index (χ0v) is 15.7. The highest BCUT2D eigenvalue weighted by Gasteiger charge is 2.37. The molecule has 1 fully saturated rings. The largest absolute Gasteiger partial charge is 0.442 e. The highest BCUT2D eigenvalue weighted by molar-refractivity contribution is 6.47. The van der Waals surface area contributed by atoms with E-state index < -0.39 is 22.9 Å². The molecule has 0 amide bonds. The summed E-state index contributed by atoms with van der Waals surface area (Å²) in [5, 5.41) is 14.6. The Hall–Kier alpha value is -1.34. The van der Waals surface area contributed by atoms with Crippen molar-refractivity contribution in [3.63, 3.8) is 0 Å². The highest BCUT2D eigenvalue weighted by atomic mass is 16.6. The van der Waals surface area contributed by atoms with Gasteiger partial charge in [0, 0.05) is 12.1 Å². The molecular weight excluding hydrogens is 307 g/mol. The topological polar surface area (TPSA) is 73.6 Å². The Kier molecular flexibility index (Phi) is 4.90. The van der Waals surface area contributed by atoms with Crippen LogP contribution in [0.2, 0.25) is 0 Å². The maximum absolute atomic E-state index is 12.2. The van der Waals surface area contributed by atoms with E-state index in [4.69, 9.17) is 9.39 Å². The Labute approximate surface area is 144 Å². The van der Waals surface area contributed by atoms with E-state index in [9.17, 15) is 9.90 Å². The van der Waals surface area contributed by atoms with Gasteiger partial charge in [0.15, 0.2) is 0 Å². The van der Waals surface area contributed by atoms with Crippen LogP contribution < -0.4 is 5.46 Å². The number of ether oxygens (including phenoxy) is 1. The molecule has 1 aliphatic rings. The summed E-state index contributed by atoms with van der Waals surface area (Å²) in [5.74, 6) is 0.355. The van der Waals surface area contributed by atoms with Gasteiger partial charge in [-0.3, -0.25) is 0 Å². The van der Waals surface area contributed by atoms with E-state index in [1.54, 1.807) is 27.5 Å². The van der Waals surface area contributed by atoms with Crippen molar-refractivity contribution >= 4 is 19.0 Å². The molecule has 0 saturated heterocycles. The molecule has 1 aromatic heterocycles. The van der Waals surface area contributed by atoms with Crippen molar-refractivity contribution in [1.29, 1.82) is 0 Å². The van der Waals surface area contributed by atoms with Crippen molar-refractivity contribution in [2.75, 3.05) is 0 Å². The van der Waals surface area contributed by atoms with Gasteiger partial charge in [-0.15, -0.1) is 0 Å². The number of aromatic nitrogens is 2. The van der Waals surface area contributed by atoms with E-state index in [0.717, 1.165) is 24.0 Å². The van der Waals surface area contributed by atoms with Crippen molar-refractivity contribution in [2.24, 2.45) is 0 Å². The maximum atomic E-state index is 12.2. The van der Waals surface area contributed by atoms with E-state index in [-0.39, 0.29) is 0 Å². The van der Waals surface area contributed by atoms with Crippen LogP contribution in [0.15, 0.2) is 6.20 Å². The monoisotopic (exact) mass is 335 g/mol. The van der Waals surface area contributed by atoms with Crippen LogP contribution >= 0.6 is 0 Å². The molecule has 6 nitrogen and oxygen atoms in total. The van der Waals surface area contributed by atoms with Gasteiger partial charge in [-0.1, -0.05) is 0 Å². The fraction of sp³-hybridized carbons (Fsp3) is 0.765. The molecule has 0 aromatic carbocycles. The summed E-state index contributed by atoms with van der Waals surface area (Å²) in [7, 11) is 1.58. The molecule has 2 rings (SSSR count). The van der Waals surface area contributed by atoms with Crippen LogP contribution in [0.4, 0.5) is 4.79 Å². The molecular formula is C17H28BN2O4. The minimum Gasteiger partial charge on any atom is -0.442 e. The summed E-state index contributed by atoms with van der Waals surface area (Å²) in [6, 6.07) is 0. The summed E-state index contributed by atoms with van der Waals surface area (Å²) >= 11 is 0. The summed E-state index contributed by atoms with van der Waals surface area (Å²) in [6.45, 7) is 12.5. The summed E-state index contributed by atoms with van der Waals surface area (Å²) < 4.78 is 12.4. The van der Waals surface area contributed by atoms with E-state index in [1.165, 1.54) is 4.68 Å². The number of nitrogens with zero attached hydrogens (tertiary/aromatic N) is 2. The molecule has 1 saturated carbocycles. The second-order valence-corrected chi connectivity index (χ2v) is 8.47. The van der Waals surface area contributed by atoms with Crippen LogP contribution in [-0.4, -0.2) is 45.3 Å². The second kappa shape index (κ2) is 6.19. The smallest absolute Gasteiger partial charge is 0.435 e. The van der Waals surface area contributed by atoms with Gasteiger partial charge in [-0.2, -0.15) is 9.78 Å². The molecule has 0 bridgehead atoms. The Bertz CT molecular complexity index is 607. The zero-order valence-electron chi connectivity index (χ0n) is 15.7. The minimum atomic E-state index is -1.01. The summed E-state index contributed by atoms with van der Waals surface area (Å²) in [5.41, 5.74) is -0.772. The van der Waals surface area contributed by atoms with Crippen LogP contribution in [0, 0.1) is 0 Å². The van der Waals surface area contributed by atoms with Gasteiger partial charge < -0.3 is 14.5 Å². The Morgan fingerprint density at radius 1 is 1.25 bits per heavy atom. The third kappa shape index (κ3) is 4.60. The van der Waals surface area contributed by atoms with Crippen molar-refractivity contribution in [3.05, 3.63) is 11.9 Å². The lowest BCUT2D eigenvalue weighted by Gasteiger charge is -2.37. The SMILES string of the molecule is CC(C)(C)OC(=O)n1cc([B]OC(C)(C)C(C)(C)O)c(C2CC2)n1. The maximum Gasteiger partial charge on any atom is 0.435 e. The molecule has 0 atom stereocenters. The molecule has 1 aromatic rings. The van der Waals surface area contributed by atoms with E-state index >= 15 is 0 Å². The van der Waals surface area contributed by atoms with E-state index in [1.807, 2.05) is 34.6 Å². The molecule has 7 heteroatoms. The molecule has 0 spiro atoms. The fourth-order valence-electron chi connectivity index (χ4n) is 1.92. The Morgan fingerprint density at radius 2 is 1.83 bits per heavy atom. The van der Waals surface area contributed by atoms with Gasteiger partial charge in [0.05, 0.1) is 16.9 Å². The highest BCUT2D eigenvalue weighted by Crippen LogP contribution is 2.38. The number of rotatable bonds is 5. The molecule has 1 radical (unpaired) electrons. The number of hydrogen-bond donors (Lipinski definition) is 1. The van der Waals surface area contributed by atoms with Crippen LogP contribution in [0.1, 0.15) is 72.9 Å². The van der Waals surface area contributed by atoms with Gasteiger partial charge in [-0.05, 0) is 66.8 Å². The third-order valence-electron chi connectivity index (χ3n) is 4.27. The van der Waals surface area contributed by atoms with E-state index in [0.29, 0.717) is 5.92 Å². The predicted molar refractivity (Wildman–Crippen MR) is 92.7 cm³/mol. The number of carbonyl (C=O) groups is 1. The first-order chi connectivity index (χ1) is 10.8. The molecule has 1 heterocycles. The lowest BCUT2D eigenvalue weighted by atomic mass is 9.82. The normalized spacial score (nSPS) is 16.2. The Balaban J connectivity index is 2.16. The minimum absolute atomic E-state index is 0.355. The van der Waals surface area contributed by atoms with Gasteiger partial charge in [-0.25, -0.2) is 4.79 Å². The third-order valence-corrected chi connectivity index (χ3v) is 4.27. The quantitative estimate of drug-likeness (QED) is 0.836. The molecule has 133 valence electrons. The molecule has 1 aliphatic carbocycles. The summed E-state index contributed by atoms with van der Waals surface area (Å²) in [6.07, 6.45) is 3.23. The lowest BCUT2D eigenvalue weighted by Crippen LogP contribution is -2.49. The van der Waals surface area contributed by atoms with E-state index in [2.05, 4.69) is 5.10 Å². The average molecular weight is 335 g/mol. The van der Waals surface area contributed by atoms with Gasteiger partial charge >= 0.3 is 13.6 Å². The van der Waals surface area contributed by atoms with Crippen LogP contribution in [-0.2, 0) is 9.39 Å². The average Bonchev–Trinajstić information content (AvgIpc) is 3.13. The lowest BCUT2D eigenvalue weighted by molar-refractivity contribution is -0.0893. The number of hydrogen-bond acceptors (Lipinski definition) is 5. The fourth-order valence-corrected chi connectivity index (χ4v) is 1.92. The summed E-state index contributed by atoms with van der Waals surface area (Å²) in [4.78, 5) is 12.2. The van der Waals surface area contributed by atoms with Crippen LogP contribution in [0.5, 0.6) is 0 Å². The molecule has 0 aliphatic heterocycles. The standard InChI is InChI=1S/C17H28BN2O4/c1-15(2,3)23-14(21)20-10-12(13(19-20)11-8-9-11)18-24-17(6,7)16(4,5)22/h10-11,22H,8-9H2,1-7H3. The van der Waals surface area contributed by atoms with Gasteiger partial charge in [0.1, 0.15) is 5.60 Å². The zero-order chi connectivity index (χ0) is 18.3. The van der Waals surface area contributed by atoms with Crippen molar-refractivity contribution in [2.45, 2.75) is 84.0 Å². The van der Waals surface area contributed by atoms with Gasteiger partial charge in [0.2, 0.25) is 0 Å². The van der Waals surface area contributed by atoms with Crippen molar-refractivity contribution in [3.8, 4) is 0 Å². The predicted octanol–water partition coefficient (Wildman–Crippen LogP) is 2.35.